The monoisotopic (exact) mass is 234 g/mol. The summed E-state index contributed by atoms with van der Waals surface area (Å²) in [4.78, 5) is 7.96. The van der Waals surface area contributed by atoms with Crippen molar-refractivity contribution in [1.29, 1.82) is 0 Å². The van der Waals surface area contributed by atoms with Gasteiger partial charge in [-0.3, -0.25) is 0 Å². The van der Waals surface area contributed by atoms with Gasteiger partial charge < -0.3 is 15.1 Å². The van der Waals surface area contributed by atoms with Crippen LogP contribution in [0.5, 0.6) is 0 Å². The number of hydrogen-bond acceptors (Lipinski definition) is 3. The van der Waals surface area contributed by atoms with Gasteiger partial charge in [0.1, 0.15) is 5.82 Å². The van der Waals surface area contributed by atoms with E-state index in [4.69, 9.17) is 0 Å². The van der Waals surface area contributed by atoms with Gasteiger partial charge in [0.25, 0.3) is 0 Å². The van der Waals surface area contributed by atoms with Crippen molar-refractivity contribution >= 4 is 5.82 Å². The third kappa shape index (κ3) is 3.17. The highest BCUT2D eigenvalue weighted by molar-refractivity contribution is 5.48. The van der Waals surface area contributed by atoms with Gasteiger partial charge in [0.05, 0.1) is 13.1 Å². The number of fused-ring (bicyclic) bond motifs is 1. The van der Waals surface area contributed by atoms with Crippen LogP contribution in [-0.4, -0.2) is 43.6 Å². The molecule has 0 saturated carbocycles. The van der Waals surface area contributed by atoms with Crippen molar-refractivity contribution in [2.24, 2.45) is 0 Å². The molecule has 1 unspecified atom stereocenters. The molecular weight excluding hydrogens is 212 g/mol. The molecule has 17 heavy (non-hydrogen) atoms. The van der Waals surface area contributed by atoms with Crippen LogP contribution in [0.2, 0.25) is 0 Å². The van der Waals surface area contributed by atoms with E-state index in [1.807, 2.05) is 6.20 Å². The van der Waals surface area contributed by atoms with Crippen LogP contribution in [0.15, 0.2) is 12.3 Å². The molecule has 0 bridgehead atoms. The lowest BCUT2D eigenvalue weighted by atomic mass is 10.0. The van der Waals surface area contributed by atoms with E-state index in [1.54, 1.807) is 0 Å². The number of likely N-dealkylation sites (N-methyl/N-ethyl adjacent to an activating group) is 1. The van der Waals surface area contributed by atoms with Crippen LogP contribution in [0.4, 0.5) is 5.82 Å². The first-order valence-electron chi connectivity index (χ1n) is 6.19. The molecule has 2 N–H and O–H groups in total. The molecule has 94 valence electrons. The minimum absolute atomic E-state index is 0.942. The second-order valence-electron chi connectivity index (χ2n) is 4.95. The van der Waals surface area contributed by atoms with Gasteiger partial charge in [-0.05, 0) is 20.2 Å². The number of rotatable bonds is 4. The number of aromatic nitrogens is 1. The van der Waals surface area contributed by atoms with Gasteiger partial charge in [-0.2, -0.15) is 7.05 Å². The molecule has 1 aromatic heterocycles. The van der Waals surface area contributed by atoms with Gasteiger partial charge in [0, 0.05) is 36.8 Å². The number of anilines is 1. The zero-order valence-electron chi connectivity index (χ0n) is 10.8. The molecule has 4 nitrogen and oxygen atoms in total. The zero-order chi connectivity index (χ0) is 12.3. The Hall–Kier alpha value is -1.13. The fraction of sp³-hybridized carbons (Fsp3) is 0.538. The highest BCUT2D eigenvalue weighted by atomic mass is 15.1. The minimum atomic E-state index is 0.942. The summed E-state index contributed by atoms with van der Waals surface area (Å²) in [5.74, 6) is 1.07. The van der Waals surface area contributed by atoms with Gasteiger partial charge in [0.2, 0.25) is 0 Å². The minimum Gasteiger partial charge on any atom is -0.464 e. The molecule has 1 aromatic rings. The summed E-state index contributed by atoms with van der Waals surface area (Å²) in [6.07, 6.45) is 2.97. The average Bonchev–Trinajstić information content (AvgIpc) is 2.28. The van der Waals surface area contributed by atoms with Crippen molar-refractivity contribution < 1.29 is 4.90 Å². The molecule has 0 aliphatic carbocycles. The van der Waals surface area contributed by atoms with Crippen molar-refractivity contribution in [2.75, 3.05) is 39.0 Å². The molecule has 0 radical (unpaired) electrons. The first-order valence-corrected chi connectivity index (χ1v) is 6.19. The van der Waals surface area contributed by atoms with E-state index in [2.05, 4.69) is 42.4 Å². The zero-order valence-corrected chi connectivity index (χ0v) is 10.8. The highest BCUT2D eigenvalue weighted by Gasteiger charge is 2.17. The van der Waals surface area contributed by atoms with Crippen LogP contribution < -0.4 is 10.2 Å². The van der Waals surface area contributed by atoms with Crippen LogP contribution >= 0.6 is 0 Å². The summed E-state index contributed by atoms with van der Waals surface area (Å²) in [6.45, 7) is 4.08. The summed E-state index contributed by atoms with van der Waals surface area (Å²) in [5.41, 5.74) is 2.78. The lowest BCUT2D eigenvalue weighted by molar-refractivity contribution is -0.870. The van der Waals surface area contributed by atoms with Crippen molar-refractivity contribution in [3.8, 4) is 0 Å². The Bertz CT molecular complexity index is 376. The molecule has 4 heteroatoms. The van der Waals surface area contributed by atoms with E-state index in [-0.39, 0.29) is 0 Å². The van der Waals surface area contributed by atoms with Crippen LogP contribution in [0, 0.1) is 7.05 Å². The lowest BCUT2D eigenvalue weighted by Gasteiger charge is -2.28. The molecule has 1 aliphatic heterocycles. The van der Waals surface area contributed by atoms with Crippen LogP contribution in [0.1, 0.15) is 11.1 Å². The maximum atomic E-state index is 4.45. The van der Waals surface area contributed by atoms with E-state index in [1.165, 1.54) is 16.0 Å². The molecule has 0 saturated heterocycles. The average molecular weight is 234 g/mol. The molecule has 0 spiro atoms. The largest absolute Gasteiger partial charge is 0.464 e. The third-order valence-corrected chi connectivity index (χ3v) is 3.17. The van der Waals surface area contributed by atoms with Crippen molar-refractivity contribution in [1.82, 2.24) is 9.88 Å². The topological polar surface area (TPSA) is 32.6 Å². The Balaban J connectivity index is 2.05. The number of hydrogen-bond donors (Lipinski definition) is 2. The Morgan fingerprint density at radius 3 is 3.12 bits per heavy atom. The van der Waals surface area contributed by atoms with Crippen molar-refractivity contribution in [2.45, 2.75) is 13.0 Å². The van der Waals surface area contributed by atoms with E-state index in [9.17, 15) is 0 Å². The SMILES string of the molecule is [CH2-][NH+]1CCc2c(ccnc2NCCN(C)C)C1. The Kier molecular flexibility index (Phi) is 3.97. The number of pyridine rings is 1. The second kappa shape index (κ2) is 5.47. The van der Waals surface area contributed by atoms with E-state index < -0.39 is 0 Å². The smallest absolute Gasteiger partial charge is 0.129 e. The van der Waals surface area contributed by atoms with Crippen molar-refractivity contribution in [3.05, 3.63) is 30.4 Å². The molecule has 0 amide bonds. The first-order chi connectivity index (χ1) is 8.16. The normalized spacial score (nSPS) is 19.2. The lowest BCUT2D eigenvalue weighted by Crippen LogP contribution is -3.06. The highest BCUT2D eigenvalue weighted by Crippen LogP contribution is 2.18. The van der Waals surface area contributed by atoms with E-state index >= 15 is 0 Å². The summed E-state index contributed by atoms with van der Waals surface area (Å²) in [7, 11) is 8.25. The Labute approximate surface area is 104 Å². The van der Waals surface area contributed by atoms with Gasteiger partial charge >= 0.3 is 0 Å². The van der Waals surface area contributed by atoms with E-state index in [0.29, 0.717) is 0 Å². The summed E-state index contributed by atoms with van der Waals surface area (Å²) >= 11 is 0. The summed E-state index contributed by atoms with van der Waals surface area (Å²) in [5, 5.41) is 3.44. The molecule has 1 aliphatic rings. The standard InChI is InChI=1S/C13H22N4/c1-16(2)9-7-15-13-12-5-8-17(3)10-11(12)4-6-14-13/h4,6,17H,3,5,7-10H2,1-2H3,(H,14,15). The first kappa shape index (κ1) is 12.3. The maximum absolute atomic E-state index is 4.45. The summed E-state index contributed by atoms with van der Waals surface area (Å²) in [6, 6.07) is 2.12. The van der Waals surface area contributed by atoms with Crippen LogP contribution in [0.3, 0.4) is 0 Å². The Morgan fingerprint density at radius 1 is 1.53 bits per heavy atom. The molecule has 0 fully saturated rings. The predicted octanol–water partition coefficient (Wildman–Crippen LogP) is -0.212. The number of quaternary nitrogens is 1. The van der Waals surface area contributed by atoms with Crippen LogP contribution in [-0.2, 0) is 13.0 Å². The maximum Gasteiger partial charge on any atom is 0.129 e. The fourth-order valence-electron chi connectivity index (χ4n) is 2.19. The number of nitrogens with zero attached hydrogens (tertiary/aromatic N) is 2. The third-order valence-electron chi connectivity index (χ3n) is 3.17. The van der Waals surface area contributed by atoms with E-state index in [0.717, 1.165) is 38.4 Å². The van der Waals surface area contributed by atoms with Gasteiger partial charge in [-0.25, -0.2) is 4.98 Å². The molecule has 2 rings (SSSR count). The molecule has 1 atom stereocenters. The Morgan fingerprint density at radius 2 is 2.35 bits per heavy atom. The van der Waals surface area contributed by atoms with Crippen molar-refractivity contribution in [3.63, 3.8) is 0 Å². The van der Waals surface area contributed by atoms with Gasteiger partial charge in [-0.15, -0.1) is 0 Å². The predicted molar refractivity (Wildman–Crippen MR) is 69.9 cm³/mol. The molecule has 0 aromatic carbocycles. The molecule has 2 heterocycles. The van der Waals surface area contributed by atoms with Crippen LogP contribution in [0.25, 0.3) is 0 Å². The molecular formula is C13H22N4. The fourth-order valence-corrected chi connectivity index (χ4v) is 2.19. The summed E-state index contributed by atoms with van der Waals surface area (Å²) < 4.78 is 0. The second-order valence-corrected chi connectivity index (χ2v) is 4.95. The van der Waals surface area contributed by atoms with Gasteiger partial charge in [-0.1, -0.05) is 0 Å². The quantitative estimate of drug-likeness (QED) is 0.707. The van der Waals surface area contributed by atoms with Gasteiger partial charge in [0.15, 0.2) is 0 Å². The number of nitrogens with one attached hydrogen (secondary N) is 2.